The van der Waals surface area contributed by atoms with Crippen LogP contribution in [0, 0.1) is 6.92 Å². The largest absolute Gasteiger partial charge is 0.364 e. The third kappa shape index (κ3) is 1.88. The number of rotatable bonds is 3. The van der Waals surface area contributed by atoms with Crippen molar-refractivity contribution in [3.63, 3.8) is 0 Å². The average molecular weight is 218 g/mol. The molecule has 16 heavy (non-hydrogen) atoms. The number of hydrogen-bond acceptors (Lipinski definition) is 3. The molecule has 5 nitrogen and oxygen atoms in total. The van der Waals surface area contributed by atoms with Gasteiger partial charge in [-0.1, -0.05) is 6.92 Å². The number of hydrogen-bond donors (Lipinski definition) is 1. The number of aryl methyl sites for hydroxylation is 2. The summed E-state index contributed by atoms with van der Waals surface area (Å²) in [6.07, 6.45) is 4.32. The van der Waals surface area contributed by atoms with Gasteiger partial charge in [0.25, 0.3) is 0 Å². The molecular formula is C11H14N4O. The Bertz CT molecular complexity index is 541. The van der Waals surface area contributed by atoms with E-state index in [9.17, 15) is 4.79 Å². The van der Waals surface area contributed by atoms with E-state index in [0.29, 0.717) is 11.4 Å². The Labute approximate surface area is 93.2 Å². The second-order valence-corrected chi connectivity index (χ2v) is 3.74. The summed E-state index contributed by atoms with van der Waals surface area (Å²) < 4.78 is 1.89. The predicted octanol–water partition coefficient (Wildman–Crippen LogP) is 1.35. The monoisotopic (exact) mass is 218 g/mol. The van der Waals surface area contributed by atoms with Crippen molar-refractivity contribution in [3.05, 3.63) is 34.5 Å². The molecule has 0 saturated carbocycles. The zero-order chi connectivity index (χ0) is 11.5. The van der Waals surface area contributed by atoms with Gasteiger partial charge in [0.15, 0.2) is 11.3 Å². The maximum atomic E-state index is 11.8. The molecule has 0 fully saturated rings. The highest BCUT2D eigenvalue weighted by Crippen LogP contribution is 2.11. The van der Waals surface area contributed by atoms with Crippen LogP contribution in [0.4, 0.5) is 0 Å². The topological polar surface area (TPSA) is 63.6 Å². The second-order valence-electron chi connectivity index (χ2n) is 3.74. The first-order valence-corrected chi connectivity index (χ1v) is 5.30. The number of aromatic amines is 1. The van der Waals surface area contributed by atoms with Gasteiger partial charge in [-0.05, 0) is 13.3 Å². The van der Waals surface area contributed by atoms with Crippen LogP contribution in [0.3, 0.4) is 0 Å². The van der Waals surface area contributed by atoms with E-state index < -0.39 is 0 Å². The summed E-state index contributed by atoms with van der Waals surface area (Å²) >= 11 is 0. The van der Waals surface area contributed by atoms with E-state index in [2.05, 4.69) is 22.1 Å². The fourth-order valence-corrected chi connectivity index (χ4v) is 1.62. The normalized spacial score (nSPS) is 10.6. The minimum Gasteiger partial charge on any atom is -0.364 e. The number of H-pyrrole nitrogens is 1. The lowest BCUT2D eigenvalue weighted by molar-refractivity contribution is 0.682. The number of aromatic nitrogens is 4. The van der Waals surface area contributed by atoms with Crippen LogP contribution in [0.1, 0.15) is 19.0 Å². The standard InChI is InChI=1S/C11H14N4O/c1-3-4-15-7-13-14-11(15)9-6-12-8(2)5-10(9)16/h5-7H,3-4H2,1-2H3,(H,12,16). The fourth-order valence-electron chi connectivity index (χ4n) is 1.62. The van der Waals surface area contributed by atoms with E-state index in [-0.39, 0.29) is 5.43 Å². The highest BCUT2D eigenvalue weighted by molar-refractivity contribution is 5.53. The van der Waals surface area contributed by atoms with Crippen molar-refractivity contribution in [1.82, 2.24) is 19.7 Å². The number of pyridine rings is 1. The van der Waals surface area contributed by atoms with Crippen molar-refractivity contribution in [2.75, 3.05) is 0 Å². The molecule has 0 aliphatic carbocycles. The molecule has 0 unspecified atom stereocenters. The zero-order valence-corrected chi connectivity index (χ0v) is 9.40. The lowest BCUT2D eigenvalue weighted by Crippen LogP contribution is -2.09. The molecule has 0 atom stereocenters. The Morgan fingerprint density at radius 1 is 1.50 bits per heavy atom. The van der Waals surface area contributed by atoms with Crippen LogP contribution < -0.4 is 5.43 Å². The van der Waals surface area contributed by atoms with Gasteiger partial charge in [-0.25, -0.2) is 0 Å². The quantitative estimate of drug-likeness (QED) is 0.845. The summed E-state index contributed by atoms with van der Waals surface area (Å²) in [6, 6.07) is 1.57. The number of nitrogens with zero attached hydrogens (tertiary/aromatic N) is 3. The molecule has 5 heteroatoms. The summed E-state index contributed by atoms with van der Waals surface area (Å²) in [7, 11) is 0. The lowest BCUT2D eigenvalue weighted by Gasteiger charge is -2.04. The summed E-state index contributed by atoms with van der Waals surface area (Å²) in [6.45, 7) is 4.74. The molecule has 1 N–H and O–H groups in total. The highest BCUT2D eigenvalue weighted by Gasteiger charge is 2.10. The van der Waals surface area contributed by atoms with Crippen LogP contribution in [0.25, 0.3) is 11.4 Å². The molecule has 0 radical (unpaired) electrons. The van der Waals surface area contributed by atoms with Crippen molar-refractivity contribution >= 4 is 0 Å². The molecule has 0 aliphatic heterocycles. The van der Waals surface area contributed by atoms with Gasteiger partial charge in [0.05, 0.1) is 5.56 Å². The molecule has 2 aromatic heterocycles. The van der Waals surface area contributed by atoms with Crippen LogP contribution in [-0.4, -0.2) is 19.7 Å². The molecule has 0 amide bonds. The van der Waals surface area contributed by atoms with Gasteiger partial charge in [-0.3, -0.25) is 4.79 Å². The van der Waals surface area contributed by atoms with Crippen LogP contribution in [0.2, 0.25) is 0 Å². The first-order valence-electron chi connectivity index (χ1n) is 5.30. The van der Waals surface area contributed by atoms with Gasteiger partial charge in [-0.2, -0.15) is 0 Å². The van der Waals surface area contributed by atoms with E-state index in [0.717, 1.165) is 18.7 Å². The molecule has 0 bridgehead atoms. The van der Waals surface area contributed by atoms with Gasteiger partial charge < -0.3 is 9.55 Å². The Balaban J connectivity index is 2.50. The Morgan fingerprint density at radius 2 is 2.31 bits per heavy atom. The summed E-state index contributed by atoms with van der Waals surface area (Å²) in [5.74, 6) is 0.628. The molecule has 0 aliphatic rings. The van der Waals surface area contributed by atoms with E-state index in [1.165, 1.54) is 0 Å². The average Bonchev–Trinajstić information content (AvgIpc) is 2.67. The van der Waals surface area contributed by atoms with Gasteiger partial charge in [0, 0.05) is 24.5 Å². The first kappa shape index (κ1) is 10.6. The maximum Gasteiger partial charge on any atom is 0.192 e. The molecule has 2 heterocycles. The van der Waals surface area contributed by atoms with Crippen LogP contribution in [0.5, 0.6) is 0 Å². The van der Waals surface area contributed by atoms with Crippen molar-refractivity contribution in [2.45, 2.75) is 26.8 Å². The molecular weight excluding hydrogens is 204 g/mol. The molecule has 0 aromatic carbocycles. The molecule has 0 spiro atoms. The Morgan fingerprint density at radius 3 is 3.00 bits per heavy atom. The predicted molar refractivity (Wildman–Crippen MR) is 61.1 cm³/mol. The smallest absolute Gasteiger partial charge is 0.192 e. The number of nitrogens with one attached hydrogen (secondary N) is 1. The molecule has 0 saturated heterocycles. The van der Waals surface area contributed by atoms with E-state index in [1.807, 2.05) is 11.5 Å². The molecule has 2 aromatic rings. The van der Waals surface area contributed by atoms with Crippen molar-refractivity contribution in [2.24, 2.45) is 0 Å². The minimum absolute atomic E-state index is 0.0263. The SMILES string of the molecule is CCCn1cnnc1-c1c[nH]c(C)cc1=O. The van der Waals surface area contributed by atoms with Crippen molar-refractivity contribution in [1.29, 1.82) is 0 Å². The van der Waals surface area contributed by atoms with Gasteiger partial charge >= 0.3 is 0 Å². The minimum atomic E-state index is -0.0263. The van der Waals surface area contributed by atoms with E-state index >= 15 is 0 Å². The van der Waals surface area contributed by atoms with Crippen molar-refractivity contribution < 1.29 is 0 Å². The highest BCUT2D eigenvalue weighted by atomic mass is 16.1. The second kappa shape index (κ2) is 4.30. The van der Waals surface area contributed by atoms with E-state index in [1.54, 1.807) is 18.6 Å². The fraction of sp³-hybridized carbons (Fsp3) is 0.364. The Kier molecular flexibility index (Phi) is 2.85. The van der Waals surface area contributed by atoms with Crippen LogP contribution >= 0.6 is 0 Å². The Hall–Kier alpha value is -1.91. The van der Waals surface area contributed by atoms with Gasteiger partial charge in [-0.15, -0.1) is 10.2 Å². The van der Waals surface area contributed by atoms with E-state index in [4.69, 9.17) is 0 Å². The lowest BCUT2D eigenvalue weighted by atomic mass is 10.2. The summed E-state index contributed by atoms with van der Waals surface area (Å²) in [5.41, 5.74) is 1.38. The molecule has 84 valence electrons. The molecule has 2 rings (SSSR count). The van der Waals surface area contributed by atoms with Gasteiger partial charge in [0.2, 0.25) is 0 Å². The summed E-state index contributed by atoms with van der Waals surface area (Å²) in [5, 5.41) is 7.83. The van der Waals surface area contributed by atoms with Crippen molar-refractivity contribution in [3.8, 4) is 11.4 Å². The third-order valence-corrected chi connectivity index (χ3v) is 2.38. The maximum absolute atomic E-state index is 11.8. The van der Waals surface area contributed by atoms with Crippen LogP contribution in [-0.2, 0) is 6.54 Å². The summed E-state index contributed by atoms with van der Waals surface area (Å²) in [4.78, 5) is 14.8. The zero-order valence-electron chi connectivity index (χ0n) is 9.40. The van der Waals surface area contributed by atoms with Gasteiger partial charge in [0.1, 0.15) is 6.33 Å². The first-order chi connectivity index (χ1) is 7.72. The third-order valence-electron chi connectivity index (χ3n) is 2.38. The van der Waals surface area contributed by atoms with Crippen LogP contribution in [0.15, 0.2) is 23.4 Å².